The summed E-state index contributed by atoms with van der Waals surface area (Å²) in [5, 5.41) is 2.07. The number of fused-ring (bicyclic) bond motifs is 1. The summed E-state index contributed by atoms with van der Waals surface area (Å²) in [7, 11) is 1.83. The summed E-state index contributed by atoms with van der Waals surface area (Å²) in [4.78, 5) is 13.4. The number of benzene rings is 1. The number of hydrogen-bond acceptors (Lipinski definition) is 3. The maximum Gasteiger partial charge on any atom is 0.227 e. The highest BCUT2D eigenvalue weighted by Crippen LogP contribution is 2.32. The molecule has 0 spiro atoms. The van der Waals surface area contributed by atoms with E-state index in [4.69, 9.17) is 5.73 Å². The Bertz CT molecular complexity index is 668. The van der Waals surface area contributed by atoms with E-state index in [-0.39, 0.29) is 11.9 Å². The normalized spacial score (nSPS) is 16.1. The number of anilines is 1. The number of rotatable bonds is 2. The molecule has 0 fully saturated rings. The van der Waals surface area contributed by atoms with Crippen LogP contribution in [0.5, 0.6) is 0 Å². The van der Waals surface area contributed by atoms with E-state index in [1.165, 1.54) is 5.56 Å². The van der Waals surface area contributed by atoms with E-state index in [0.717, 1.165) is 27.0 Å². The predicted octanol–water partition coefficient (Wildman–Crippen LogP) is 3.47. The summed E-state index contributed by atoms with van der Waals surface area (Å²) in [5.74, 6) is 0.177. The highest BCUT2D eigenvalue weighted by atomic mass is 79.9. The molecule has 1 aromatic carbocycles. The van der Waals surface area contributed by atoms with Crippen LogP contribution in [-0.2, 0) is 11.2 Å². The average molecular weight is 351 g/mol. The highest BCUT2D eigenvalue weighted by Gasteiger charge is 2.22. The zero-order chi connectivity index (χ0) is 14.3. The van der Waals surface area contributed by atoms with Crippen LogP contribution < -0.4 is 10.6 Å². The summed E-state index contributed by atoms with van der Waals surface area (Å²) < 4.78 is 1.09. The first-order valence-corrected chi connectivity index (χ1v) is 8.12. The maximum absolute atomic E-state index is 11.7. The van der Waals surface area contributed by atoms with E-state index in [0.29, 0.717) is 6.42 Å². The van der Waals surface area contributed by atoms with E-state index in [1.807, 2.05) is 19.2 Å². The molecule has 1 aliphatic heterocycles. The Hall–Kier alpha value is -1.17. The van der Waals surface area contributed by atoms with Crippen molar-refractivity contribution in [3.63, 3.8) is 0 Å². The van der Waals surface area contributed by atoms with Gasteiger partial charge in [0.2, 0.25) is 5.91 Å². The molecule has 1 unspecified atom stereocenters. The molecular formula is C15H15BrN2OS. The Morgan fingerprint density at radius 3 is 2.80 bits per heavy atom. The van der Waals surface area contributed by atoms with Gasteiger partial charge in [-0.25, -0.2) is 0 Å². The maximum atomic E-state index is 11.7. The zero-order valence-corrected chi connectivity index (χ0v) is 13.5. The van der Waals surface area contributed by atoms with Crippen molar-refractivity contribution in [2.75, 3.05) is 11.9 Å². The first-order chi connectivity index (χ1) is 9.56. The molecule has 0 radical (unpaired) electrons. The molecule has 0 bridgehead atoms. The lowest BCUT2D eigenvalue weighted by Crippen LogP contribution is -2.31. The van der Waals surface area contributed by atoms with Crippen LogP contribution in [0.15, 0.2) is 33.4 Å². The summed E-state index contributed by atoms with van der Waals surface area (Å²) in [6.07, 6.45) is 1.37. The van der Waals surface area contributed by atoms with Gasteiger partial charge in [0.25, 0.3) is 0 Å². The van der Waals surface area contributed by atoms with Gasteiger partial charge >= 0.3 is 0 Å². The molecule has 2 heterocycles. The number of nitrogens with zero attached hydrogens (tertiary/aromatic N) is 1. The number of carbonyl (C=O) groups is 1. The van der Waals surface area contributed by atoms with Crippen LogP contribution in [0.1, 0.15) is 29.2 Å². The molecule has 2 N–H and O–H groups in total. The van der Waals surface area contributed by atoms with Crippen molar-refractivity contribution in [3.05, 3.63) is 50.1 Å². The number of hydrogen-bond donors (Lipinski definition) is 1. The molecule has 1 aromatic heterocycles. The standard InChI is InChI=1S/C15H15BrN2OS/c1-18-12-4-2-10(6-9(12)3-5-14(18)19)15(17)11-7-13(16)20-8-11/h2,4,6-8,15H,3,5,17H2,1H3. The Balaban J connectivity index is 1.95. The van der Waals surface area contributed by atoms with Crippen molar-refractivity contribution in [2.24, 2.45) is 5.73 Å². The van der Waals surface area contributed by atoms with Gasteiger partial charge in [-0.15, -0.1) is 11.3 Å². The molecule has 0 saturated heterocycles. The van der Waals surface area contributed by atoms with Gasteiger partial charge in [-0.1, -0.05) is 12.1 Å². The third-order valence-corrected chi connectivity index (χ3v) is 5.28. The molecule has 1 amide bonds. The summed E-state index contributed by atoms with van der Waals surface area (Å²) >= 11 is 5.11. The molecule has 5 heteroatoms. The van der Waals surface area contributed by atoms with E-state index >= 15 is 0 Å². The highest BCUT2D eigenvalue weighted by molar-refractivity contribution is 9.11. The van der Waals surface area contributed by atoms with Crippen LogP contribution in [0.25, 0.3) is 0 Å². The van der Waals surface area contributed by atoms with Crippen LogP contribution in [0, 0.1) is 0 Å². The van der Waals surface area contributed by atoms with Gasteiger partial charge in [0.15, 0.2) is 0 Å². The Morgan fingerprint density at radius 1 is 1.30 bits per heavy atom. The van der Waals surface area contributed by atoms with Crippen molar-refractivity contribution in [1.29, 1.82) is 0 Å². The minimum atomic E-state index is -0.120. The molecule has 1 atom stereocenters. The van der Waals surface area contributed by atoms with E-state index in [2.05, 4.69) is 33.4 Å². The van der Waals surface area contributed by atoms with Gasteiger partial charge in [-0.05, 0) is 56.6 Å². The fourth-order valence-corrected chi connectivity index (χ4v) is 3.76. The number of amides is 1. The van der Waals surface area contributed by atoms with Gasteiger partial charge in [0.05, 0.1) is 9.83 Å². The quantitative estimate of drug-likeness (QED) is 0.901. The largest absolute Gasteiger partial charge is 0.320 e. The second kappa shape index (κ2) is 5.31. The second-order valence-corrected chi connectivity index (χ2v) is 7.29. The Kier molecular flexibility index (Phi) is 3.67. The molecule has 3 rings (SSSR count). The third-order valence-electron chi connectivity index (χ3n) is 3.75. The third kappa shape index (κ3) is 2.41. The van der Waals surface area contributed by atoms with Gasteiger partial charge in [-0.3, -0.25) is 4.79 Å². The van der Waals surface area contributed by atoms with Crippen LogP contribution in [0.2, 0.25) is 0 Å². The SMILES string of the molecule is CN1C(=O)CCc2cc(C(N)c3csc(Br)c3)ccc21. The fraction of sp³-hybridized carbons (Fsp3) is 0.267. The number of aryl methyl sites for hydroxylation is 1. The first-order valence-electron chi connectivity index (χ1n) is 6.45. The summed E-state index contributed by atoms with van der Waals surface area (Å²) in [5.41, 5.74) is 10.7. The van der Waals surface area contributed by atoms with Gasteiger partial charge in [-0.2, -0.15) is 0 Å². The lowest BCUT2D eigenvalue weighted by atomic mass is 9.95. The van der Waals surface area contributed by atoms with Crippen molar-refractivity contribution in [1.82, 2.24) is 0 Å². The van der Waals surface area contributed by atoms with Crippen LogP contribution >= 0.6 is 27.3 Å². The second-order valence-electron chi connectivity index (χ2n) is 5.00. The number of carbonyl (C=O) groups excluding carboxylic acids is 1. The van der Waals surface area contributed by atoms with Crippen molar-refractivity contribution in [3.8, 4) is 0 Å². The fourth-order valence-electron chi connectivity index (χ4n) is 2.55. The number of thiophene rings is 1. The molecule has 104 valence electrons. The topological polar surface area (TPSA) is 46.3 Å². The first kappa shape index (κ1) is 13.8. The Labute approximate surface area is 130 Å². The van der Waals surface area contributed by atoms with E-state index in [9.17, 15) is 4.79 Å². The molecule has 0 saturated carbocycles. The molecule has 1 aliphatic rings. The van der Waals surface area contributed by atoms with Gasteiger partial charge < -0.3 is 10.6 Å². The monoisotopic (exact) mass is 350 g/mol. The van der Waals surface area contributed by atoms with Gasteiger partial charge in [0.1, 0.15) is 0 Å². The van der Waals surface area contributed by atoms with E-state index in [1.54, 1.807) is 16.2 Å². The van der Waals surface area contributed by atoms with Crippen molar-refractivity contribution >= 4 is 38.9 Å². The summed E-state index contributed by atoms with van der Waals surface area (Å²) in [6, 6.07) is 8.09. The zero-order valence-electron chi connectivity index (χ0n) is 11.1. The van der Waals surface area contributed by atoms with Crippen molar-refractivity contribution in [2.45, 2.75) is 18.9 Å². The number of halogens is 1. The molecular weight excluding hydrogens is 336 g/mol. The van der Waals surface area contributed by atoms with Crippen LogP contribution in [0.4, 0.5) is 5.69 Å². The van der Waals surface area contributed by atoms with Gasteiger partial charge in [0, 0.05) is 19.2 Å². The van der Waals surface area contributed by atoms with E-state index < -0.39 is 0 Å². The smallest absolute Gasteiger partial charge is 0.227 e. The molecule has 0 aliphatic carbocycles. The summed E-state index contributed by atoms with van der Waals surface area (Å²) in [6.45, 7) is 0. The minimum Gasteiger partial charge on any atom is -0.320 e. The van der Waals surface area contributed by atoms with Crippen LogP contribution in [0.3, 0.4) is 0 Å². The Morgan fingerprint density at radius 2 is 2.10 bits per heavy atom. The lowest BCUT2D eigenvalue weighted by Gasteiger charge is -2.26. The lowest BCUT2D eigenvalue weighted by molar-refractivity contribution is -0.118. The van der Waals surface area contributed by atoms with Crippen molar-refractivity contribution < 1.29 is 4.79 Å². The number of nitrogens with two attached hydrogens (primary N) is 1. The minimum absolute atomic E-state index is 0.120. The van der Waals surface area contributed by atoms with Crippen LogP contribution in [-0.4, -0.2) is 13.0 Å². The molecule has 3 nitrogen and oxygen atoms in total. The average Bonchev–Trinajstić information content (AvgIpc) is 2.88. The molecule has 2 aromatic rings. The molecule has 20 heavy (non-hydrogen) atoms. The predicted molar refractivity (Wildman–Crippen MR) is 86.2 cm³/mol.